The van der Waals surface area contributed by atoms with Crippen LogP contribution in [0.4, 0.5) is 4.39 Å². The first-order chi connectivity index (χ1) is 14.4. The van der Waals surface area contributed by atoms with Gasteiger partial charge in [0.15, 0.2) is 0 Å². The number of methoxy groups -OCH3 is 1. The molecule has 0 saturated heterocycles. The van der Waals surface area contributed by atoms with Crippen LogP contribution in [0.1, 0.15) is 5.56 Å². The molecule has 1 heterocycles. The molecule has 0 atom stereocenters. The van der Waals surface area contributed by atoms with Gasteiger partial charge in [0.25, 0.3) is 0 Å². The first-order valence-electron chi connectivity index (χ1n) is 9.16. The van der Waals surface area contributed by atoms with Crippen LogP contribution in [0.3, 0.4) is 0 Å². The number of halogens is 1. The van der Waals surface area contributed by atoms with Gasteiger partial charge < -0.3 is 9.30 Å². The molecule has 30 heavy (non-hydrogen) atoms. The van der Waals surface area contributed by atoms with Crippen molar-refractivity contribution >= 4 is 20.7 Å². The smallest absolute Gasteiger partial charge is 0.211 e. The normalized spacial score (nSPS) is 11.5. The summed E-state index contributed by atoms with van der Waals surface area (Å²) >= 11 is 0. The Morgan fingerprint density at radius 1 is 0.967 bits per heavy atom. The maximum atomic E-state index is 13.9. The molecular weight excluding hydrogens is 405 g/mol. The molecule has 5 nitrogen and oxygen atoms in total. The number of benzene rings is 3. The SMILES string of the molecule is COc1cccc(Cn2cc(S(=O)(=O)c3ccccc3)c(=O)c3cc(F)ccc32)c1. The van der Waals surface area contributed by atoms with Gasteiger partial charge >= 0.3 is 0 Å². The highest BCUT2D eigenvalue weighted by Crippen LogP contribution is 2.23. The summed E-state index contributed by atoms with van der Waals surface area (Å²) in [5.41, 5.74) is 0.554. The molecule has 0 aliphatic carbocycles. The van der Waals surface area contributed by atoms with Crippen molar-refractivity contribution in [2.45, 2.75) is 16.3 Å². The summed E-state index contributed by atoms with van der Waals surface area (Å²) in [5.74, 6) is 0.0443. The van der Waals surface area contributed by atoms with Gasteiger partial charge in [-0.3, -0.25) is 4.79 Å². The van der Waals surface area contributed by atoms with E-state index in [1.165, 1.54) is 30.5 Å². The van der Waals surface area contributed by atoms with Crippen LogP contribution < -0.4 is 10.2 Å². The lowest BCUT2D eigenvalue weighted by atomic mass is 10.1. The first-order valence-corrected chi connectivity index (χ1v) is 10.6. The highest BCUT2D eigenvalue weighted by molar-refractivity contribution is 7.91. The molecule has 0 unspecified atom stereocenters. The van der Waals surface area contributed by atoms with E-state index in [1.807, 2.05) is 18.2 Å². The van der Waals surface area contributed by atoms with Crippen molar-refractivity contribution in [3.63, 3.8) is 0 Å². The summed E-state index contributed by atoms with van der Waals surface area (Å²) < 4.78 is 47.1. The monoisotopic (exact) mass is 423 g/mol. The molecule has 0 radical (unpaired) electrons. The van der Waals surface area contributed by atoms with E-state index < -0.39 is 26.0 Å². The van der Waals surface area contributed by atoms with Gasteiger partial charge in [0, 0.05) is 18.1 Å². The molecule has 3 aromatic carbocycles. The zero-order valence-electron chi connectivity index (χ0n) is 16.1. The minimum Gasteiger partial charge on any atom is -0.497 e. The molecule has 0 amide bonds. The van der Waals surface area contributed by atoms with E-state index in [4.69, 9.17) is 4.74 Å². The number of nitrogens with zero attached hydrogens (tertiary/aromatic N) is 1. The average Bonchev–Trinajstić information content (AvgIpc) is 2.76. The zero-order valence-corrected chi connectivity index (χ0v) is 16.9. The van der Waals surface area contributed by atoms with Gasteiger partial charge in [-0.2, -0.15) is 0 Å². The first kappa shape index (κ1) is 19.8. The number of sulfone groups is 1. The van der Waals surface area contributed by atoms with Gasteiger partial charge in [-0.15, -0.1) is 0 Å². The quantitative estimate of drug-likeness (QED) is 0.486. The molecule has 0 aliphatic rings. The topological polar surface area (TPSA) is 65.4 Å². The Morgan fingerprint density at radius 2 is 1.73 bits per heavy atom. The Morgan fingerprint density at radius 3 is 2.47 bits per heavy atom. The molecule has 7 heteroatoms. The number of aromatic nitrogens is 1. The number of pyridine rings is 1. The number of ether oxygens (including phenoxy) is 1. The molecule has 0 N–H and O–H groups in total. The Balaban J connectivity index is 1.96. The van der Waals surface area contributed by atoms with E-state index in [-0.39, 0.29) is 16.8 Å². The van der Waals surface area contributed by atoms with Crippen LogP contribution in [0.5, 0.6) is 5.75 Å². The maximum Gasteiger partial charge on any atom is 0.211 e. The summed E-state index contributed by atoms with van der Waals surface area (Å²) in [4.78, 5) is 12.6. The van der Waals surface area contributed by atoms with Crippen LogP contribution in [0.15, 0.2) is 93.6 Å². The van der Waals surface area contributed by atoms with Crippen molar-refractivity contribution in [2.75, 3.05) is 7.11 Å². The van der Waals surface area contributed by atoms with Crippen molar-refractivity contribution in [3.8, 4) is 5.75 Å². The molecule has 0 saturated carbocycles. The van der Waals surface area contributed by atoms with Crippen LogP contribution in [-0.4, -0.2) is 20.1 Å². The van der Waals surface area contributed by atoms with Gasteiger partial charge in [-0.1, -0.05) is 30.3 Å². The summed E-state index contributed by atoms with van der Waals surface area (Å²) in [6.07, 6.45) is 1.32. The highest BCUT2D eigenvalue weighted by Gasteiger charge is 2.24. The molecule has 0 spiro atoms. The minimum absolute atomic E-state index is 0.00536. The molecule has 1 aromatic heterocycles. The van der Waals surface area contributed by atoms with Crippen molar-refractivity contribution < 1.29 is 17.5 Å². The number of fused-ring (bicyclic) bond motifs is 1. The van der Waals surface area contributed by atoms with E-state index in [1.54, 1.807) is 35.9 Å². The van der Waals surface area contributed by atoms with Gasteiger partial charge in [-0.05, 0) is 48.0 Å². The van der Waals surface area contributed by atoms with E-state index in [0.29, 0.717) is 11.3 Å². The van der Waals surface area contributed by atoms with E-state index in [0.717, 1.165) is 11.6 Å². The third-order valence-electron chi connectivity index (χ3n) is 4.84. The van der Waals surface area contributed by atoms with Gasteiger partial charge in [0.1, 0.15) is 16.5 Å². The minimum atomic E-state index is -4.08. The fourth-order valence-electron chi connectivity index (χ4n) is 3.36. The van der Waals surface area contributed by atoms with Crippen LogP contribution in [-0.2, 0) is 16.4 Å². The van der Waals surface area contributed by atoms with Crippen LogP contribution in [0.25, 0.3) is 10.9 Å². The lowest BCUT2D eigenvalue weighted by molar-refractivity contribution is 0.414. The van der Waals surface area contributed by atoms with Crippen molar-refractivity contribution in [1.82, 2.24) is 4.57 Å². The van der Waals surface area contributed by atoms with Crippen LogP contribution >= 0.6 is 0 Å². The summed E-state index contributed by atoms with van der Waals surface area (Å²) in [6.45, 7) is 0.275. The zero-order chi connectivity index (χ0) is 21.3. The second-order valence-electron chi connectivity index (χ2n) is 6.78. The fourth-order valence-corrected chi connectivity index (χ4v) is 4.75. The number of rotatable bonds is 5. The van der Waals surface area contributed by atoms with Crippen molar-refractivity contribution in [2.24, 2.45) is 0 Å². The van der Waals surface area contributed by atoms with Crippen LogP contribution in [0.2, 0.25) is 0 Å². The van der Waals surface area contributed by atoms with Gasteiger partial charge in [-0.25, -0.2) is 12.8 Å². The van der Waals surface area contributed by atoms with Gasteiger partial charge in [0.05, 0.1) is 17.5 Å². The van der Waals surface area contributed by atoms with Crippen molar-refractivity contribution in [3.05, 3.63) is 101 Å². The van der Waals surface area contributed by atoms with E-state index in [9.17, 15) is 17.6 Å². The summed E-state index contributed by atoms with van der Waals surface area (Å²) in [5, 5.41) is 0.00917. The Labute approximate surface area is 172 Å². The predicted octanol–water partition coefficient (Wildman–Crippen LogP) is 4.03. The summed E-state index contributed by atoms with van der Waals surface area (Å²) in [7, 11) is -2.53. The van der Waals surface area contributed by atoms with Crippen molar-refractivity contribution in [1.29, 1.82) is 0 Å². The fraction of sp³-hybridized carbons (Fsp3) is 0.0870. The average molecular weight is 423 g/mol. The van der Waals surface area contributed by atoms with E-state index in [2.05, 4.69) is 0 Å². The molecule has 0 aliphatic heterocycles. The lowest BCUT2D eigenvalue weighted by Gasteiger charge is -2.15. The highest BCUT2D eigenvalue weighted by atomic mass is 32.2. The molecule has 4 rings (SSSR count). The molecule has 152 valence electrons. The molecular formula is C23H18FNO4S. The molecule has 0 bridgehead atoms. The van der Waals surface area contributed by atoms with Gasteiger partial charge in [0.2, 0.25) is 15.3 Å². The summed E-state index contributed by atoms with van der Waals surface area (Å²) in [6, 6.07) is 18.8. The van der Waals surface area contributed by atoms with Crippen LogP contribution in [0, 0.1) is 5.82 Å². The standard InChI is InChI=1S/C23H18FNO4S/c1-29-18-7-5-6-16(12-18)14-25-15-22(30(27,28)19-8-3-2-4-9-19)23(26)20-13-17(24)10-11-21(20)25/h2-13,15H,14H2,1H3. The molecule has 0 fully saturated rings. The Kier molecular flexibility index (Phi) is 5.13. The third-order valence-corrected chi connectivity index (χ3v) is 6.60. The van der Waals surface area contributed by atoms with E-state index >= 15 is 0 Å². The number of hydrogen-bond acceptors (Lipinski definition) is 4. The number of hydrogen-bond donors (Lipinski definition) is 0. The maximum absolute atomic E-state index is 13.9. The largest absolute Gasteiger partial charge is 0.497 e. The Hall–Kier alpha value is -3.45. The molecule has 4 aromatic rings. The second-order valence-corrected chi connectivity index (χ2v) is 8.70. The predicted molar refractivity (Wildman–Crippen MR) is 112 cm³/mol. The Bertz CT molecular complexity index is 1400. The lowest BCUT2D eigenvalue weighted by Crippen LogP contribution is -2.19. The third kappa shape index (κ3) is 3.59. The second kappa shape index (κ2) is 7.76.